The van der Waals surface area contributed by atoms with E-state index >= 15 is 0 Å². The van der Waals surface area contributed by atoms with Crippen LogP contribution >= 0.6 is 23.3 Å². The number of rotatable bonds is 3. The van der Waals surface area contributed by atoms with Gasteiger partial charge < -0.3 is 5.11 Å². The molecule has 0 spiro atoms. The molecule has 0 aliphatic carbocycles. The number of carboxylic acids is 1. The van der Waals surface area contributed by atoms with Crippen molar-refractivity contribution in [1.82, 2.24) is 19.3 Å². The van der Waals surface area contributed by atoms with Gasteiger partial charge in [0.2, 0.25) is 0 Å². The molecule has 0 aromatic carbocycles. The van der Waals surface area contributed by atoms with Crippen LogP contribution in [0.4, 0.5) is 0 Å². The standard InChI is InChI=1S/C7H4N4O2S2/c12-6(13)4-1-8-2-9-5(4)14-7-10-3-11-15-7/h1-3H,(H,12,13). The fourth-order valence-electron chi connectivity index (χ4n) is 0.837. The Bertz CT molecular complexity index is 474. The topological polar surface area (TPSA) is 88.9 Å². The van der Waals surface area contributed by atoms with Crippen LogP contribution in [-0.2, 0) is 0 Å². The lowest BCUT2D eigenvalue weighted by molar-refractivity contribution is 0.0691. The highest BCUT2D eigenvalue weighted by Gasteiger charge is 2.13. The molecule has 0 aliphatic heterocycles. The van der Waals surface area contributed by atoms with Crippen molar-refractivity contribution < 1.29 is 9.90 Å². The maximum absolute atomic E-state index is 10.8. The van der Waals surface area contributed by atoms with E-state index < -0.39 is 5.97 Å². The molecule has 2 heterocycles. The van der Waals surface area contributed by atoms with Crippen LogP contribution < -0.4 is 0 Å². The first-order valence-electron chi connectivity index (χ1n) is 3.75. The fraction of sp³-hybridized carbons (Fsp3) is 0. The summed E-state index contributed by atoms with van der Waals surface area (Å²) in [5.41, 5.74) is 0.0673. The molecule has 2 rings (SSSR count). The monoisotopic (exact) mass is 240 g/mol. The molecule has 2 aromatic heterocycles. The zero-order valence-corrected chi connectivity index (χ0v) is 8.83. The minimum atomic E-state index is -1.05. The number of carbonyl (C=O) groups is 1. The van der Waals surface area contributed by atoms with Gasteiger partial charge in [0.1, 0.15) is 23.2 Å². The van der Waals surface area contributed by atoms with Gasteiger partial charge in [-0.05, 0) is 23.3 Å². The summed E-state index contributed by atoms with van der Waals surface area (Å²) in [5, 5.41) is 9.24. The Morgan fingerprint density at radius 2 is 2.27 bits per heavy atom. The van der Waals surface area contributed by atoms with E-state index in [1.165, 1.54) is 30.4 Å². The van der Waals surface area contributed by atoms with E-state index in [0.717, 1.165) is 11.8 Å². The minimum Gasteiger partial charge on any atom is -0.478 e. The maximum atomic E-state index is 10.8. The summed E-state index contributed by atoms with van der Waals surface area (Å²) in [6, 6.07) is 0. The van der Waals surface area contributed by atoms with E-state index in [4.69, 9.17) is 5.11 Å². The Balaban J connectivity index is 2.32. The summed E-state index contributed by atoms with van der Waals surface area (Å²) in [5.74, 6) is -1.05. The van der Waals surface area contributed by atoms with E-state index in [9.17, 15) is 4.79 Å². The smallest absolute Gasteiger partial charge is 0.340 e. The minimum absolute atomic E-state index is 0.0673. The molecule has 1 N–H and O–H groups in total. The first-order chi connectivity index (χ1) is 7.27. The van der Waals surface area contributed by atoms with E-state index in [1.54, 1.807) is 0 Å². The fourth-order valence-corrected chi connectivity index (χ4v) is 2.25. The molecular formula is C7H4N4O2S2. The van der Waals surface area contributed by atoms with Gasteiger partial charge in [0.15, 0.2) is 4.34 Å². The van der Waals surface area contributed by atoms with Crippen LogP contribution in [-0.4, -0.2) is 30.4 Å². The summed E-state index contributed by atoms with van der Waals surface area (Å²) in [6.07, 6.45) is 3.98. The molecule has 76 valence electrons. The predicted molar refractivity (Wildman–Crippen MR) is 53.0 cm³/mol. The number of aromatic carboxylic acids is 1. The summed E-state index contributed by atoms with van der Waals surface area (Å²) >= 11 is 2.35. The Labute approximate surface area is 92.6 Å². The lowest BCUT2D eigenvalue weighted by Gasteiger charge is -1.99. The van der Waals surface area contributed by atoms with Crippen LogP contribution in [0.25, 0.3) is 0 Å². The van der Waals surface area contributed by atoms with Gasteiger partial charge >= 0.3 is 5.97 Å². The first kappa shape index (κ1) is 9.99. The van der Waals surface area contributed by atoms with Gasteiger partial charge in [-0.25, -0.2) is 19.7 Å². The van der Waals surface area contributed by atoms with Gasteiger partial charge in [0.05, 0.1) is 0 Å². The van der Waals surface area contributed by atoms with Crippen molar-refractivity contribution in [2.45, 2.75) is 9.37 Å². The van der Waals surface area contributed by atoms with Crippen molar-refractivity contribution >= 4 is 29.3 Å². The van der Waals surface area contributed by atoms with Gasteiger partial charge in [-0.2, -0.15) is 4.37 Å². The van der Waals surface area contributed by atoms with Crippen LogP contribution in [0.1, 0.15) is 10.4 Å². The summed E-state index contributed by atoms with van der Waals surface area (Å²) < 4.78 is 4.46. The molecule has 0 saturated heterocycles. The third-order valence-electron chi connectivity index (χ3n) is 1.43. The number of carboxylic acid groups (broad SMARTS) is 1. The van der Waals surface area contributed by atoms with Crippen LogP contribution in [0.2, 0.25) is 0 Å². The van der Waals surface area contributed by atoms with Gasteiger partial charge in [-0.15, -0.1) is 0 Å². The predicted octanol–water partition coefficient (Wildman–Crippen LogP) is 1.18. The van der Waals surface area contributed by atoms with Gasteiger partial charge in [0.25, 0.3) is 0 Å². The number of hydrogen-bond acceptors (Lipinski definition) is 7. The van der Waals surface area contributed by atoms with Crippen LogP contribution in [0.15, 0.2) is 28.2 Å². The maximum Gasteiger partial charge on any atom is 0.340 e. The van der Waals surface area contributed by atoms with Crippen LogP contribution in [0.5, 0.6) is 0 Å². The largest absolute Gasteiger partial charge is 0.478 e. The number of aromatic nitrogens is 4. The van der Waals surface area contributed by atoms with Crippen LogP contribution in [0.3, 0.4) is 0 Å². The van der Waals surface area contributed by atoms with Crippen molar-refractivity contribution in [3.63, 3.8) is 0 Å². The average molecular weight is 240 g/mol. The molecule has 6 nitrogen and oxygen atoms in total. The highest BCUT2D eigenvalue weighted by Crippen LogP contribution is 2.28. The Kier molecular flexibility index (Phi) is 2.88. The molecule has 0 amide bonds. The summed E-state index contributed by atoms with van der Waals surface area (Å²) in [7, 11) is 0. The van der Waals surface area contributed by atoms with Crippen molar-refractivity contribution in [3.05, 3.63) is 24.4 Å². The van der Waals surface area contributed by atoms with E-state index in [2.05, 4.69) is 19.3 Å². The number of nitrogens with zero attached hydrogens (tertiary/aromatic N) is 4. The first-order valence-corrected chi connectivity index (χ1v) is 5.34. The molecule has 0 radical (unpaired) electrons. The lowest BCUT2D eigenvalue weighted by Crippen LogP contribution is -2.01. The second-order valence-electron chi connectivity index (χ2n) is 2.36. The second-order valence-corrected chi connectivity index (χ2v) is 4.37. The Morgan fingerprint density at radius 3 is 2.93 bits per heavy atom. The number of hydrogen-bond donors (Lipinski definition) is 1. The highest BCUT2D eigenvalue weighted by atomic mass is 32.2. The molecular weight excluding hydrogens is 236 g/mol. The van der Waals surface area contributed by atoms with Crippen LogP contribution in [0, 0.1) is 0 Å². The molecule has 2 aromatic rings. The molecule has 0 atom stereocenters. The molecule has 15 heavy (non-hydrogen) atoms. The Morgan fingerprint density at radius 1 is 1.40 bits per heavy atom. The molecule has 0 bridgehead atoms. The van der Waals surface area contributed by atoms with Crippen molar-refractivity contribution in [1.29, 1.82) is 0 Å². The zero-order valence-electron chi connectivity index (χ0n) is 7.19. The van der Waals surface area contributed by atoms with Crippen molar-refractivity contribution in [2.75, 3.05) is 0 Å². The zero-order chi connectivity index (χ0) is 10.7. The molecule has 0 saturated carbocycles. The van der Waals surface area contributed by atoms with E-state index in [-0.39, 0.29) is 5.56 Å². The van der Waals surface area contributed by atoms with Gasteiger partial charge in [0, 0.05) is 6.20 Å². The van der Waals surface area contributed by atoms with E-state index in [1.807, 2.05) is 0 Å². The third kappa shape index (κ3) is 2.28. The normalized spacial score (nSPS) is 10.1. The highest BCUT2D eigenvalue weighted by molar-refractivity contribution is 8.01. The molecule has 0 aliphatic rings. The summed E-state index contributed by atoms with van der Waals surface area (Å²) in [4.78, 5) is 22.3. The van der Waals surface area contributed by atoms with Crippen molar-refractivity contribution in [3.8, 4) is 0 Å². The summed E-state index contributed by atoms with van der Waals surface area (Å²) in [6.45, 7) is 0. The lowest BCUT2D eigenvalue weighted by atomic mass is 10.3. The SMILES string of the molecule is O=C(O)c1cncnc1Sc1ncns1. The van der Waals surface area contributed by atoms with Crippen molar-refractivity contribution in [2.24, 2.45) is 0 Å². The quantitative estimate of drug-likeness (QED) is 0.805. The second kappa shape index (κ2) is 4.32. The average Bonchev–Trinajstić information content (AvgIpc) is 2.71. The van der Waals surface area contributed by atoms with E-state index in [0.29, 0.717) is 9.37 Å². The Hall–Kier alpha value is -1.54. The third-order valence-corrected chi connectivity index (χ3v) is 3.16. The molecule has 8 heteroatoms. The van der Waals surface area contributed by atoms with Gasteiger partial charge in [-0.3, -0.25) is 0 Å². The molecule has 0 unspecified atom stereocenters. The molecule has 0 fully saturated rings. The van der Waals surface area contributed by atoms with Gasteiger partial charge in [-0.1, -0.05) is 0 Å².